The summed E-state index contributed by atoms with van der Waals surface area (Å²) < 4.78 is 1.91. The van der Waals surface area contributed by atoms with E-state index in [0.717, 1.165) is 51.7 Å². The number of hydrogen-bond acceptors (Lipinski definition) is 7. The van der Waals surface area contributed by atoms with E-state index in [1.165, 1.54) is 0 Å². The SMILES string of the molecule is N[C@]1(c2ccc(-c3nc4ccn5c(-c6ncccn6)nnc5c4cc3-c3ccccc3)cc2)C[C@](O)(C2CC2)C1. The quantitative estimate of drug-likeness (QED) is 0.320. The van der Waals surface area contributed by atoms with Gasteiger partial charge in [0.1, 0.15) is 0 Å². The van der Waals surface area contributed by atoms with Gasteiger partial charge in [0, 0.05) is 40.6 Å². The van der Waals surface area contributed by atoms with Crippen LogP contribution in [-0.4, -0.2) is 40.3 Å². The van der Waals surface area contributed by atoms with Gasteiger partial charge >= 0.3 is 0 Å². The number of fused-ring (bicyclic) bond motifs is 3. The second-order valence-corrected chi connectivity index (χ2v) is 11.3. The highest BCUT2D eigenvalue weighted by Crippen LogP contribution is 2.57. The molecule has 8 rings (SSSR count). The fraction of sp³-hybridized carbons (Fsp3) is 0.219. The van der Waals surface area contributed by atoms with Gasteiger partial charge in [-0.05, 0) is 60.9 Å². The molecule has 2 aliphatic rings. The van der Waals surface area contributed by atoms with Crippen LogP contribution in [0.1, 0.15) is 31.2 Å². The van der Waals surface area contributed by atoms with Gasteiger partial charge in [-0.25, -0.2) is 15.0 Å². The zero-order valence-electron chi connectivity index (χ0n) is 21.8. The first kappa shape index (κ1) is 23.4. The highest BCUT2D eigenvalue weighted by Gasteiger charge is 2.58. The van der Waals surface area contributed by atoms with Crippen LogP contribution in [0.3, 0.4) is 0 Å². The fourth-order valence-corrected chi connectivity index (χ4v) is 6.33. The first-order valence-electron chi connectivity index (χ1n) is 13.6. The van der Waals surface area contributed by atoms with Gasteiger partial charge in [-0.3, -0.25) is 4.40 Å². The summed E-state index contributed by atoms with van der Waals surface area (Å²) in [5.41, 5.74) is 12.2. The van der Waals surface area contributed by atoms with Crippen molar-refractivity contribution in [3.8, 4) is 34.0 Å². The van der Waals surface area contributed by atoms with Crippen LogP contribution in [0.15, 0.2) is 91.4 Å². The molecule has 0 spiro atoms. The Morgan fingerprint density at radius 2 is 1.60 bits per heavy atom. The summed E-state index contributed by atoms with van der Waals surface area (Å²) >= 11 is 0. The normalized spacial score (nSPS) is 22.4. The van der Waals surface area contributed by atoms with Crippen molar-refractivity contribution in [1.82, 2.24) is 29.5 Å². The molecule has 3 N–H and O–H groups in total. The molecule has 4 heterocycles. The Kier molecular flexibility index (Phi) is 4.96. The number of aliphatic hydroxyl groups is 1. The number of nitrogens with zero attached hydrogens (tertiary/aromatic N) is 6. The second-order valence-electron chi connectivity index (χ2n) is 11.3. The maximum atomic E-state index is 10.9. The van der Waals surface area contributed by atoms with Crippen molar-refractivity contribution in [2.45, 2.75) is 36.8 Å². The fourth-order valence-electron chi connectivity index (χ4n) is 6.33. The molecule has 6 aromatic rings. The Morgan fingerprint density at radius 3 is 2.33 bits per heavy atom. The van der Waals surface area contributed by atoms with Crippen molar-refractivity contribution >= 4 is 16.6 Å². The molecule has 0 bridgehead atoms. The standard InChI is InChI=1S/C32H27N7O/c33-31(18-32(40,19-31)23-11-12-23)22-9-7-21(8-10-22)27-24(20-5-2-1-3-6-20)17-25-26(36-27)13-16-39-29(25)37-38-30(39)28-34-14-4-15-35-28/h1-10,13-17,23,40H,11-12,18-19,33H2/t31-,32-. The van der Waals surface area contributed by atoms with Gasteiger partial charge in [0.05, 0.1) is 16.8 Å². The van der Waals surface area contributed by atoms with E-state index in [1.54, 1.807) is 18.5 Å². The molecule has 0 aliphatic heterocycles. The lowest BCUT2D eigenvalue weighted by molar-refractivity contribution is -0.106. The summed E-state index contributed by atoms with van der Waals surface area (Å²) in [6.45, 7) is 0. The third-order valence-corrected chi connectivity index (χ3v) is 8.53. The molecule has 0 unspecified atom stereocenters. The molecular weight excluding hydrogens is 498 g/mol. The molecule has 2 aliphatic carbocycles. The minimum Gasteiger partial charge on any atom is -0.389 e. The molecule has 0 amide bonds. The smallest absolute Gasteiger partial charge is 0.206 e. The average molecular weight is 526 g/mol. The summed E-state index contributed by atoms with van der Waals surface area (Å²) in [6.07, 6.45) is 8.79. The number of benzene rings is 2. The minimum absolute atomic E-state index is 0.423. The zero-order valence-corrected chi connectivity index (χ0v) is 21.8. The molecule has 0 saturated heterocycles. The van der Waals surface area contributed by atoms with E-state index in [9.17, 15) is 5.11 Å². The summed E-state index contributed by atoms with van der Waals surface area (Å²) in [7, 11) is 0. The van der Waals surface area contributed by atoms with Crippen LogP contribution >= 0.6 is 0 Å². The van der Waals surface area contributed by atoms with Crippen LogP contribution in [0, 0.1) is 5.92 Å². The highest BCUT2D eigenvalue weighted by atomic mass is 16.3. The second kappa shape index (κ2) is 8.48. The van der Waals surface area contributed by atoms with Crippen LogP contribution < -0.4 is 5.73 Å². The Bertz CT molecular complexity index is 1870. The number of hydrogen-bond donors (Lipinski definition) is 2. The molecule has 0 atom stereocenters. The topological polar surface area (TPSA) is 115 Å². The number of pyridine rings is 2. The Labute approximate surface area is 230 Å². The molecule has 2 fully saturated rings. The third-order valence-electron chi connectivity index (χ3n) is 8.53. The van der Waals surface area contributed by atoms with Gasteiger partial charge in [0.25, 0.3) is 0 Å². The van der Waals surface area contributed by atoms with Crippen molar-refractivity contribution in [1.29, 1.82) is 0 Å². The monoisotopic (exact) mass is 525 g/mol. The molecule has 8 heteroatoms. The molecular formula is C32H27N7O. The van der Waals surface area contributed by atoms with E-state index < -0.39 is 11.1 Å². The summed E-state index contributed by atoms with van der Waals surface area (Å²) in [5, 5.41) is 20.7. The van der Waals surface area contributed by atoms with Gasteiger partial charge in [0.2, 0.25) is 5.82 Å². The van der Waals surface area contributed by atoms with E-state index in [2.05, 4.69) is 62.6 Å². The Balaban J connectivity index is 1.24. The van der Waals surface area contributed by atoms with Gasteiger partial charge in [-0.2, -0.15) is 0 Å². The summed E-state index contributed by atoms with van der Waals surface area (Å²) in [5.74, 6) is 1.52. The first-order chi connectivity index (χ1) is 19.5. The van der Waals surface area contributed by atoms with Crippen LogP contribution in [-0.2, 0) is 5.54 Å². The Morgan fingerprint density at radius 1 is 0.850 bits per heavy atom. The Hall–Kier alpha value is -4.53. The van der Waals surface area contributed by atoms with Crippen LogP contribution in [0.5, 0.6) is 0 Å². The number of nitrogens with two attached hydrogens (primary N) is 1. The predicted octanol–water partition coefficient (Wildman–Crippen LogP) is 5.16. The van der Waals surface area contributed by atoms with Crippen molar-refractivity contribution < 1.29 is 5.11 Å². The maximum Gasteiger partial charge on any atom is 0.206 e. The van der Waals surface area contributed by atoms with Gasteiger partial charge in [-0.1, -0.05) is 54.6 Å². The lowest BCUT2D eigenvalue weighted by Crippen LogP contribution is -2.60. The van der Waals surface area contributed by atoms with E-state index in [4.69, 9.17) is 10.7 Å². The number of aromatic nitrogens is 6. The maximum absolute atomic E-state index is 10.9. The third kappa shape index (κ3) is 3.64. The van der Waals surface area contributed by atoms with Gasteiger partial charge in [-0.15, -0.1) is 10.2 Å². The van der Waals surface area contributed by atoms with Gasteiger partial charge < -0.3 is 10.8 Å². The average Bonchev–Trinajstić information content (AvgIpc) is 3.76. The predicted molar refractivity (Wildman–Crippen MR) is 153 cm³/mol. The minimum atomic E-state index is -0.590. The first-order valence-corrected chi connectivity index (χ1v) is 13.6. The van der Waals surface area contributed by atoms with Crippen LogP contribution in [0.25, 0.3) is 50.6 Å². The molecule has 40 heavy (non-hydrogen) atoms. The van der Waals surface area contributed by atoms with E-state index in [1.807, 2.05) is 34.9 Å². The molecule has 2 saturated carbocycles. The lowest BCUT2D eigenvalue weighted by atomic mass is 9.60. The van der Waals surface area contributed by atoms with E-state index in [0.29, 0.717) is 36.1 Å². The highest BCUT2D eigenvalue weighted by molar-refractivity contribution is 5.98. The largest absolute Gasteiger partial charge is 0.389 e. The molecule has 4 aromatic heterocycles. The number of rotatable bonds is 5. The van der Waals surface area contributed by atoms with Crippen LogP contribution in [0.2, 0.25) is 0 Å². The molecule has 2 aromatic carbocycles. The van der Waals surface area contributed by atoms with E-state index >= 15 is 0 Å². The zero-order chi connectivity index (χ0) is 26.9. The van der Waals surface area contributed by atoms with Crippen molar-refractivity contribution in [2.75, 3.05) is 0 Å². The van der Waals surface area contributed by atoms with Gasteiger partial charge in [0.15, 0.2) is 11.5 Å². The van der Waals surface area contributed by atoms with Crippen molar-refractivity contribution in [3.05, 3.63) is 97.0 Å². The molecule has 0 radical (unpaired) electrons. The summed E-state index contributed by atoms with van der Waals surface area (Å²) in [4.78, 5) is 13.9. The van der Waals surface area contributed by atoms with Crippen molar-refractivity contribution in [3.63, 3.8) is 0 Å². The summed E-state index contributed by atoms with van der Waals surface area (Å²) in [6, 6.07) is 24.5. The van der Waals surface area contributed by atoms with Crippen molar-refractivity contribution in [2.24, 2.45) is 11.7 Å². The lowest BCUT2D eigenvalue weighted by Gasteiger charge is -2.52. The van der Waals surface area contributed by atoms with Crippen LogP contribution in [0.4, 0.5) is 0 Å². The molecule has 8 nitrogen and oxygen atoms in total. The molecule has 196 valence electrons. The van der Waals surface area contributed by atoms with E-state index in [-0.39, 0.29) is 0 Å².